The third kappa shape index (κ3) is 5.08. The van der Waals surface area contributed by atoms with Crippen LogP contribution in [0, 0.1) is 0 Å². The average Bonchev–Trinajstić information content (AvgIpc) is 2.98. The van der Waals surface area contributed by atoms with Crippen molar-refractivity contribution in [1.29, 1.82) is 0 Å². The molecule has 9 heteroatoms. The minimum Gasteiger partial charge on any atom is -0.508 e. The number of amidine groups is 1. The number of benzene rings is 1. The lowest BCUT2D eigenvalue weighted by atomic mass is 10.1. The van der Waals surface area contributed by atoms with Gasteiger partial charge >= 0.3 is 0 Å². The molecule has 2 amide bonds. The molecule has 9 nitrogen and oxygen atoms in total. The lowest BCUT2D eigenvalue weighted by molar-refractivity contribution is -0.137. The Morgan fingerprint density at radius 3 is 2.64 bits per heavy atom. The summed E-state index contributed by atoms with van der Waals surface area (Å²) in [6.45, 7) is 0.456. The molecular formula is C16H23N5O4. The van der Waals surface area contributed by atoms with Crippen LogP contribution in [0.25, 0.3) is 0 Å². The van der Waals surface area contributed by atoms with Gasteiger partial charge in [0.2, 0.25) is 11.8 Å². The largest absolute Gasteiger partial charge is 0.508 e. The van der Waals surface area contributed by atoms with Crippen molar-refractivity contribution in [2.75, 3.05) is 13.1 Å². The lowest BCUT2D eigenvalue weighted by Gasteiger charge is -2.23. The Hall–Kier alpha value is -2.81. The number of hydrazone groups is 1. The van der Waals surface area contributed by atoms with Crippen LogP contribution in [0.5, 0.6) is 5.75 Å². The predicted octanol–water partition coefficient (Wildman–Crippen LogP) is -1.37. The number of phenols is 1. The van der Waals surface area contributed by atoms with Gasteiger partial charge in [0.25, 0.3) is 0 Å². The van der Waals surface area contributed by atoms with Crippen LogP contribution in [0.15, 0.2) is 29.4 Å². The zero-order valence-corrected chi connectivity index (χ0v) is 13.8. The van der Waals surface area contributed by atoms with E-state index in [1.54, 1.807) is 24.3 Å². The third-order valence-electron chi connectivity index (χ3n) is 4.05. The first kappa shape index (κ1) is 18.5. The van der Waals surface area contributed by atoms with Crippen molar-refractivity contribution in [2.45, 2.75) is 31.4 Å². The van der Waals surface area contributed by atoms with Gasteiger partial charge in [-0.3, -0.25) is 9.59 Å². The van der Waals surface area contributed by atoms with E-state index in [-0.39, 0.29) is 36.9 Å². The summed E-state index contributed by atoms with van der Waals surface area (Å²) in [5.41, 5.74) is 6.41. The number of aromatic hydroxyl groups is 1. The Kier molecular flexibility index (Phi) is 6.18. The number of aliphatic hydroxyl groups excluding tert-OH is 1. The molecule has 2 rings (SSSR count). The fraction of sp³-hybridized carbons (Fsp3) is 0.438. The van der Waals surface area contributed by atoms with Gasteiger partial charge in [0, 0.05) is 19.5 Å². The Labute approximate surface area is 145 Å². The summed E-state index contributed by atoms with van der Waals surface area (Å²) in [6.07, 6.45) is -0.188. The van der Waals surface area contributed by atoms with Gasteiger partial charge < -0.3 is 32.0 Å². The molecule has 0 saturated carbocycles. The molecular weight excluding hydrogens is 326 g/mol. The van der Waals surface area contributed by atoms with E-state index in [1.165, 1.54) is 4.90 Å². The first-order valence-corrected chi connectivity index (χ1v) is 7.96. The first-order valence-electron chi connectivity index (χ1n) is 7.96. The Balaban J connectivity index is 1.89. The van der Waals surface area contributed by atoms with Crippen LogP contribution in [0.2, 0.25) is 0 Å². The van der Waals surface area contributed by atoms with Gasteiger partial charge in [0.15, 0.2) is 0 Å². The second-order valence-electron chi connectivity index (χ2n) is 5.96. The molecule has 1 aromatic carbocycles. The Morgan fingerprint density at radius 2 is 2.00 bits per heavy atom. The SMILES string of the molecule is N/N=C(\N)CC(=O)N1C[C@H](O)CC1C(=O)NCCc1ccc(O)cc1. The Bertz CT molecular complexity index is 646. The molecule has 0 aliphatic carbocycles. The smallest absolute Gasteiger partial charge is 0.242 e. The molecule has 0 aromatic heterocycles. The zero-order valence-electron chi connectivity index (χ0n) is 13.8. The molecule has 2 atom stereocenters. The summed E-state index contributed by atoms with van der Waals surface area (Å²) in [4.78, 5) is 25.9. The second kappa shape index (κ2) is 8.34. The number of nitrogens with two attached hydrogens (primary N) is 2. The number of rotatable bonds is 6. The van der Waals surface area contributed by atoms with E-state index in [2.05, 4.69) is 10.4 Å². The topological polar surface area (TPSA) is 154 Å². The molecule has 1 fully saturated rings. The number of likely N-dealkylation sites (tertiary alicyclic amines) is 1. The number of phenolic OH excluding ortho intramolecular Hbond substituents is 1. The standard InChI is InChI=1S/C16H23N5O4/c17-14(20-18)8-15(24)21-9-12(23)7-13(21)16(25)19-6-5-10-1-3-11(22)4-2-10/h1-4,12-13,22-23H,5-9,18H2,(H2,17,20)(H,19,25)/t12-,13?/m1/s1. The van der Waals surface area contributed by atoms with Crippen molar-refractivity contribution < 1.29 is 19.8 Å². The highest BCUT2D eigenvalue weighted by molar-refractivity contribution is 6.00. The van der Waals surface area contributed by atoms with Crippen LogP contribution in [0.1, 0.15) is 18.4 Å². The minimum absolute atomic E-state index is 0.0297. The van der Waals surface area contributed by atoms with E-state index < -0.39 is 18.1 Å². The van der Waals surface area contributed by atoms with Crippen molar-refractivity contribution in [1.82, 2.24) is 10.2 Å². The number of amides is 2. The van der Waals surface area contributed by atoms with Gasteiger partial charge in [0.1, 0.15) is 17.6 Å². The maximum absolute atomic E-state index is 12.4. The molecule has 1 saturated heterocycles. The molecule has 1 aliphatic heterocycles. The monoisotopic (exact) mass is 349 g/mol. The van der Waals surface area contributed by atoms with Gasteiger partial charge in [-0.05, 0) is 24.1 Å². The average molecular weight is 349 g/mol. The maximum atomic E-state index is 12.4. The normalized spacial score (nSPS) is 20.5. The number of carbonyl (C=O) groups excluding carboxylic acids is 2. The highest BCUT2D eigenvalue weighted by Crippen LogP contribution is 2.19. The minimum atomic E-state index is -0.757. The van der Waals surface area contributed by atoms with Crippen molar-refractivity contribution >= 4 is 17.6 Å². The molecule has 136 valence electrons. The van der Waals surface area contributed by atoms with E-state index in [1.807, 2.05) is 0 Å². The third-order valence-corrected chi connectivity index (χ3v) is 4.05. The van der Waals surface area contributed by atoms with Gasteiger partial charge in [-0.2, -0.15) is 5.10 Å². The number of hydrogen-bond acceptors (Lipinski definition) is 6. The van der Waals surface area contributed by atoms with Crippen LogP contribution >= 0.6 is 0 Å². The second-order valence-corrected chi connectivity index (χ2v) is 5.96. The molecule has 1 aliphatic rings. The summed E-state index contributed by atoms with van der Waals surface area (Å²) in [6, 6.07) is 5.95. The molecule has 7 N–H and O–H groups in total. The van der Waals surface area contributed by atoms with Crippen molar-refractivity contribution in [2.24, 2.45) is 16.7 Å². The van der Waals surface area contributed by atoms with E-state index >= 15 is 0 Å². The van der Waals surface area contributed by atoms with Gasteiger partial charge in [0.05, 0.1) is 12.5 Å². The summed E-state index contributed by atoms with van der Waals surface area (Å²) in [5, 5.41) is 25.1. The number of aliphatic hydroxyl groups is 1. The summed E-state index contributed by atoms with van der Waals surface area (Å²) in [5.74, 6) is 4.44. The van der Waals surface area contributed by atoms with Gasteiger partial charge in [-0.1, -0.05) is 12.1 Å². The zero-order chi connectivity index (χ0) is 18.4. The molecule has 0 spiro atoms. The summed E-state index contributed by atoms with van der Waals surface area (Å²) >= 11 is 0. The number of nitrogens with one attached hydrogen (secondary N) is 1. The Morgan fingerprint density at radius 1 is 1.32 bits per heavy atom. The van der Waals surface area contributed by atoms with Crippen LogP contribution in [-0.4, -0.2) is 58.0 Å². The highest BCUT2D eigenvalue weighted by atomic mass is 16.3. The fourth-order valence-corrected chi connectivity index (χ4v) is 2.75. The quantitative estimate of drug-likeness (QED) is 0.185. The molecule has 1 aromatic rings. The van der Waals surface area contributed by atoms with Crippen LogP contribution in [-0.2, 0) is 16.0 Å². The fourth-order valence-electron chi connectivity index (χ4n) is 2.75. The van der Waals surface area contributed by atoms with Crippen molar-refractivity contribution in [3.63, 3.8) is 0 Å². The summed E-state index contributed by atoms with van der Waals surface area (Å²) in [7, 11) is 0. The summed E-state index contributed by atoms with van der Waals surface area (Å²) < 4.78 is 0. The van der Waals surface area contributed by atoms with Crippen molar-refractivity contribution in [3.8, 4) is 5.75 Å². The van der Waals surface area contributed by atoms with Crippen LogP contribution in [0.4, 0.5) is 0 Å². The number of nitrogens with zero attached hydrogens (tertiary/aromatic N) is 2. The van der Waals surface area contributed by atoms with Crippen LogP contribution < -0.4 is 16.9 Å². The van der Waals surface area contributed by atoms with E-state index in [0.29, 0.717) is 13.0 Å². The predicted molar refractivity (Wildman–Crippen MR) is 91.4 cm³/mol. The van der Waals surface area contributed by atoms with E-state index in [9.17, 15) is 19.8 Å². The molecule has 0 radical (unpaired) electrons. The van der Waals surface area contributed by atoms with Crippen molar-refractivity contribution in [3.05, 3.63) is 29.8 Å². The lowest BCUT2D eigenvalue weighted by Crippen LogP contribution is -2.47. The number of carbonyl (C=O) groups is 2. The molecule has 1 unspecified atom stereocenters. The number of hydrogen-bond donors (Lipinski definition) is 5. The number of β-amino-alcohol motifs (C(OH)–C–C–N with tert-alkyl or cyclic N) is 1. The van der Waals surface area contributed by atoms with E-state index in [4.69, 9.17) is 11.6 Å². The molecule has 1 heterocycles. The maximum Gasteiger partial charge on any atom is 0.242 e. The van der Waals surface area contributed by atoms with Gasteiger partial charge in [-0.25, -0.2) is 0 Å². The molecule has 0 bridgehead atoms. The van der Waals surface area contributed by atoms with Gasteiger partial charge in [-0.15, -0.1) is 0 Å². The molecule has 25 heavy (non-hydrogen) atoms. The van der Waals surface area contributed by atoms with Crippen LogP contribution in [0.3, 0.4) is 0 Å². The first-order chi connectivity index (χ1) is 11.9. The highest BCUT2D eigenvalue weighted by Gasteiger charge is 2.38. The van der Waals surface area contributed by atoms with E-state index in [0.717, 1.165) is 5.56 Å².